The number of methoxy groups -OCH3 is 1. The van der Waals surface area contributed by atoms with Gasteiger partial charge in [0.15, 0.2) is 0 Å². The molecular formula is C17H17ClN2O. The molecule has 0 fully saturated rings. The van der Waals surface area contributed by atoms with E-state index >= 15 is 0 Å². The minimum absolute atomic E-state index is 0.407. The highest BCUT2D eigenvalue weighted by atomic mass is 35.5. The van der Waals surface area contributed by atoms with Gasteiger partial charge in [0, 0.05) is 6.54 Å². The highest BCUT2D eigenvalue weighted by Gasteiger charge is 2.10. The molecule has 0 spiro atoms. The van der Waals surface area contributed by atoms with Crippen LogP contribution in [0.25, 0.3) is 11.0 Å². The summed E-state index contributed by atoms with van der Waals surface area (Å²) >= 11 is 6.05. The molecule has 1 heterocycles. The number of fused-ring (bicyclic) bond motifs is 1. The maximum atomic E-state index is 6.05. The fourth-order valence-electron chi connectivity index (χ4n) is 2.47. The van der Waals surface area contributed by atoms with Crippen LogP contribution in [0.4, 0.5) is 0 Å². The zero-order valence-corrected chi connectivity index (χ0v) is 12.9. The maximum absolute atomic E-state index is 6.05. The largest absolute Gasteiger partial charge is 0.497 e. The molecule has 0 aliphatic rings. The molecule has 0 aliphatic carbocycles. The summed E-state index contributed by atoms with van der Waals surface area (Å²) in [4.78, 5) is 4.61. The minimum atomic E-state index is 0.407. The highest BCUT2D eigenvalue weighted by molar-refractivity contribution is 6.16. The van der Waals surface area contributed by atoms with Crippen molar-refractivity contribution in [3.63, 3.8) is 0 Å². The van der Waals surface area contributed by atoms with Crippen molar-refractivity contribution in [1.82, 2.24) is 9.55 Å². The molecule has 0 bridgehead atoms. The van der Waals surface area contributed by atoms with E-state index in [1.807, 2.05) is 18.2 Å². The summed E-state index contributed by atoms with van der Waals surface area (Å²) < 4.78 is 7.37. The van der Waals surface area contributed by atoms with Crippen molar-refractivity contribution in [2.45, 2.75) is 19.3 Å². The first kappa shape index (κ1) is 14.0. The summed E-state index contributed by atoms with van der Waals surface area (Å²) in [5.41, 5.74) is 4.54. The number of aromatic nitrogens is 2. The second kappa shape index (κ2) is 5.78. The molecule has 1 aromatic heterocycles. The molecule has 0 unspecified atom stereocenters. The zero-order chi connectivity index (χ0) is 14.8. The molecule has 0 saturated carbocycles. The average molecular weight is 301 g/mol. The normalized spacial score (nSPS) is 11.0. The van der Waals surface area contributed by atoms with Crippen LogP contribution in [0, 0.1) is 6.92 Å². The van der Waals surface area contributed by atoms with Gasteiger partial charge >= 0.3 is 0 Å². The quantitative estimate of drug-likeness (QED) is 0.677. The Morgan fingerprint density at radius 3 is 2.57 bits per heavy atom. The molecule has 3 rings (SSSR count). The van der Waals surface area contributed by atoms with Crippen LogP contribution < -0.4 is 4.74 Å². The third kappa shape index (κ3) is 2.74. The summed E-state index contributed by atoms with van der Waals surface area (Å²) in [6.45, 7) is 2.84. The lowest BCUT2D eigenvalue weighted by atomic mass is 10.2. The first-order valence-corrected chi connectivity index (χ1v) is 7.39. The topological polar surface area (TPSA) is 27.1 Å². The van der Waals surface area contributed by atoms with Crippen LogP contribution in [0.1, 0.15) is 17.0 Å². The molecule has 0 saturated heterocycles. The highest BCUT2D eigenvalue weighted by Crippen LogP contribution is 2.21. The summed E-state index contributed by atoms with van der Waals surface area (Å²) in [5.74, 6) is 2.17. The Kier molecular flexibility index (Phi) is 3.84. The molecule has 0 N–H and O–H groups in total. The van der Waals surface area contributed by atoms with Crippen molar-refractivity contribution in [2.24, 2.45) is 0 Å². The Morgan fingerprint density at radius 1 is 1.14 bits per heavy atom. The molecular weight excluding hydrogens is 284 g/mol. The number of hydrogen-bond donors (Lipinski definition) is 0. The van der Waals surface area contributed by atoms with E-state index in [-0.39, 0.29) is 0 Å². The minimum Gasteiger partial charge on any atom is -0.497 e. The van der Waals surface area contributed by atoms with Crippen molar-refractivity contribution < 1.29 is 4.74 Å². The van der Waals surface area contributed by atoms with Gasteiger partial charge in [-0.15, -0.1) is 11.6 Å². The number of hydrogen-bond acceptors (Lipinski definition) is 2. The molecule has 0 aliphatic heterocycles. The van der Waals surface area contributed by atoms with Crippen molar-refractivity contribution in [3.05, 3.63) is 59.4 Å². The molecule has 0 amide bonds. The molecule has 108 valence electrons. The second-order valence-corrected chi connectivity index (χ2v) is 5.36. The van der Waals surface area contributed by atoms with Crippen molar-refractivity contribution in [3.8, 4) is 5.75 Å². The summed E-state index contributed by atoms with van der Waals surface area (Å²) in [5, 5.41) is 0. The van der Waals surface area contributed by atoms with Gasteiger partial charge in [0.2, 0.25) is 0 Å². The van der Waals surface area contributed by atoms with Gasteiger partial charge < -0.3 is 9.30 Å². The number of nitrogens with zero attached hydrogens (tertiary/aromatic N) is 2. The molecule has 0 radical (unpaired) electrons. The Morgan fingerprint density at radius 2 is 1.90 bits per heavy atom. The third-order valence-electron chi connectivity index (χ3n) is 3.60. The third-order valence-corrected chi connectivity index (χ3v) is 3.84. The maximum Gasteiger partial charge on any atom is 0.125 e. The van der Waals surface area contributed by atoms with Crippen molar-refractivity contribution >= 4 is 22.6 Å². The monoisotopic (exact) mass is 300 g/mol. The molecule has 4 heteroatoms. The Labute approximate surface area is 129 Å². The van der Waals surface area contributed by atoms with Gasteiger partial charge in [0.25, 0.3) is 0 Å². The summed E-state index contributed by atoms with van der Waals surface area (Å²) in [6, 6.07) is 14.4. The molecule has 0 atom stereocenters. The predicted octanol–water partition coefficient (Wildman–Crippen LogP) is 4.14. The first-order chi connectivity index (χ1) is 10.2. The lowest BCUT2D eigenvalue weighted by molar-refractivity contribution is 0.414. The van der Waals surface area contributed by atoms with E-state index in [0.29, 0.717) is 5.88 Å². The lowest BCUT2D eigenvalue weighted by Gasteiger charge is -2.09. The number of halogens is 1. The fourth-order valence-corrected chi connectivity index (χ4v) is 2.68. The number of ether oxygens (including phenoxy) is 1. The van der Waals surface area contributed by atoms with Gasteiger partial charge in [-0.25, -0.2) is 4.98 Å². The van der Waals surface area contributed by atoms with E-state index in [4.69, 9.17) is 16.3 Å². The number of alkyl halides is 1. The summed E-state index contributed by atoms with van der Waals surface area (Å²) in [7, 11) is 1.67. The van der Waals surface area contributed by atoms with Crippen LogP contribution in [-0.4, -0.2) is 16.7 Å². The SMILES string of the molecule is COc1ccc(Cn2c(CCl)nc3ccc(C)cc32)cc1. The van der Waals surface area contributed by atoms with Gasteiger partial charge in [-0.05, 0) is 42.3 Å². The molecule has 21 heavy (non-hydrogen) atoms. The van der Waals surface area contributed by atoms with Crippen LogP contribution in [0.2, 0.25) is 0 Å². The van der Waals surface area contributed by atoms with E-state index in [1.54, 1.807) is 7.11 Å². The van der Waals surface area contributed by atoms with Gasteiger partial charge in [0.1, 0.15) is 11.6 Å². The second-order valence-electron chi connectivity index (χ2n) is 5.09. The fraction of sp³-hybridized carbons (Fsp3) is 0.235. The van der Waals surface area contributed by atoms with Gasteiger partial charge in [-0.3, -0.25) is 0 Å². The van der Waals surface area contributed by atoms with E-state index in [9.17, 15) is 0 Å². The van der Waals surface area contributed by atoms with Crippen LogP contribution in [0.15, 0.2) is 42.5 Å². The van der Waals surface area contributed by atoms with Crippen LogP contribution in [-0.2, 0) is 12.4 Å². The standard InChI is InChI=1S/C17H17ClN2O/c1-12-3-8-15-16(9-12)20(17(10-18)19-15)11-13-4-6-14(21-2)7-5-13/h3-9H,10-11H2,1-2H3. The molecule has 2 aromatic carbocycles. The van der Waals surface area contributed by atoms with E-state index in [1.165, 1.54) is 11.1 Å². The number of benzene rings is 2. The van der Waals surface area contributed by atoms with E-state index < -0.39 is 0 Å². The van der Waals surface area contributed by atoms with Crippen LogP contribution in [0.5, 0.6) is 5.75 Å². The Balaban J connectivity index is 2.03. The number of aryl methyl sites for hydroxylation is 1. The zero-order valence-electron chi connectivity index (χ0n) is 12.1. The molecule has 3 nitrogen and oxygen atoms in total. The first-order valence-electron chi connectivity index (χ1n) is 6.86. The van der Waals surface area contributed by atoms with Crippen molar-refractivity contribution in [1.29, 1.82) is 0 Å². The predicted molar refractivity (Wildman–Crippen MR) is 86.1 cm³/mol. The smallest absolute Gasteiger partial charge is 0.125 e. The van der Waals surface area contributed by atoms with Crippen LogP contribution >= 0.6 is 11.6 Å². The molecule has 3 aromatic rings. The average Bonchev–Trinajstić information content (AvgIpc) is 2.85. The number of rotatable bonds is 4. The van der Waals surface area contributed by atoms with Crippen LogP contribution in [0.3, 0.4) is 0 Å². The van der Waals surface area contributed by atoms with E-state index in [0.717, 1.165) is 29.2 Å². The Bertz CT molecular complexity index is 762. The van der Waals surface area contributed by atoms with E-state index in [2.05, 4.69) is 40.7 Å². The van der Waals surface area contributed by atoms with Gasteiger partial charge in [-0.1, -0.05) is 18.2 Å². The lowest BCUT2D eigenvalue weighted by Crippen LogP contribution is -2.04. The van der Waals surface area contributed by atoms with Gasteiger partial charge in [0.05, 0.1) is 24.0 Å². The summed E-state index contributed by atoms with van der Waals surface area (Å²) in [6.07, 6.45) is 0. The Hall–Kier alpha value is -2.00. The van der Waals surface area contributed by atoms with Gasteiger partial charge in [-0.2, -0.15) is 0 Å². The van der Waals surface area contributed by atoms with Crippen molar-refractivity contribution in [2.75, 3.05) is 7.11 Å². The number of imidazole rings is 1.